The predicted molar refractivity (Wildman–Crippen MR) is 149 cm³/mol. The second-order valence-electron chi connectivity index (χ2n) is 7.09. The Hall–Kier alpha value is -0.450. The van der Waals surface area contributed by atoms with E-state index < -0.39 is 0 Å². The number of aliphatic hydroxyl groups is 1. The first-order chi connectivity index (χ1) is 14.8. The number of aliphatic hydroxyl groups excluding tert-OH is 1. The van der Waals surface area contributed by atoms with Crippen molar-refractivity contribution in [1.82, 2.24) is 0 Å². The maximum Gasteiger partial charge on any atom is 0.155 e. The lowest BCUT2D eigenvalue weighted by atomic mass is 10.4. The van der Waals surface area contributed by atoms with E-state index >= 15 is 0 Å². The fraction of sp³-hybridized carbons (Fsp3) is 0.964. The fourth-order valence-corrected chi connectivity index (χ4v) is 0.671. The molecule has 0 aromatic carbocycles. The van der Waals surface area contributed by atoms with Gasteiger partial charge in [-0.05, 0) is 19.8 Å². The van der Waals surface area contributed by atoms with Gasteiger partial charge in [0.05, 0.1) is 13.2 Å². The third kappa shape index (κ3) is 153. The molecule has 4 heteroatoms. The highest BCUT2D eigenvalue weighted by molar-refractivity contribution is 5.76. The zero-order valence-corrected chi connectivity index (χ0v) is 23.8. The minimum atomic E-state index is -0.0206. The minimum absolute atomic E-state index is 0. The summed E-state index contributed by atoms with van der Waals surface area (Å²) in [6, 6.07) is 0. The van der Waals surface area contributed by atoms with Crippen molar-refractivity contribution < 1.29 is 19.4 Å². The number of ketones is 1. The van der Waals surface area contributed by atoms with E-state index in [4.69, 9.17) is 9.84 Å². The molecule has 0 amide bonds. The summed E-state index contributed by atoms with van der Waals surface area (Å²) in [5.74, 6) is -0.0153. The Balaban J connectivity index is -0.0000000480. The van der Waals surface area contributed by atoms with Crippen LogP contribution in [0.15, 0.2) is 0 Å². The molecule has 0 heterocycles. The first-order valence-corrected chi connectivity index (χ1v) is 13.1. The summed E-state index contributed by atoms with van der Waals surface area (Å²) >= 11 is 0. The number of ether oxygens (including phenoxy) is 2. The number of Topliss-reactive ketones (excluding diaryl/α,β-unsaturated/α-hetero) is 1. The summed E-state index contributed by atoms with van der Waals surface area (Å²) in [6.07, 6.45) is 12.8. The molecule has 0 saturated carbocycles. The van der Waals surface area contributed by atoms with Crippen molar-refractivity contribution in [3.63, 3.8) is 0 Å². The highest BCUT2D eigenvalue weighted by Crippen LogP contribution is 1.81. The molecule has 0 saturated heterocycles. The number of hydrogen-bond donors (Lipinski definition) is 1. The van der Waals surface area contributed by atoms with E-state index in [9.17, 15) is 4.79 Å². The number of carbonyl (C=O) groups is 1. The molecule has 0 atom stereocenters. The van der Waals surface area contributed by atoms with Gasteiger partial charge in [0.2, 0.25) is 0 Å². The van der Waals surface area contributed by atoms with Crippen molar-refractivity contribution in [2.75, 3.05) is 33.0 Å². The Kier molecular flexibility index (Phi) is 107. The number of rotatable bonds is 12. The van der Waals surface area contributed by atoms with Crippen LogP contribution in [-0.2, 0) is 14.3 Å². The molecule has 0 spiro atoms. The van der Waals surface area contributed by atoms with Crippen LogP contribution in [0, 0.1) is 0 Å². The largest absolute Gasteiger partial charge is 0.394 e. The zero-order valence-electron chi connectivity index (χ0n) is 23.8. The number of unbranched alkanes of at least 4 members (excludes halogenated alkanes) is 4. The normalized spacial score (nSPS) is 8.12. The smallest absolute Gasteiger partial charge is 0.155 e. The van der Waals surface area contributed by atoms with Crippen molar-refractivity contribution in [3.8, 4) is 0 Å². The van der Waals surface area contributed by atoms with Gasteiger partial charge >= 0.3 is 0 Å². The summed E-state index contributed by atoms with van der Waals surface area (Å²) < 4.78 is 9.78. The third-order valence-corrected chi connectivity index (χ3v) is 3.24. The van der Waals surface area contributed by atoms with Gasteiger partial charge in [0.25, 0.3) is 0 Å². The predicted octanol–water partition coefficient (Wildman–Crippen LogP) is 9.27. The monoisotopic (exact) mass is 469 g/mol. The SMILES string of the molecule is C.CC(=O)COCCO.CCCC.CCCC.CCCC.CCCC.CCCOCCC. The van der Waals surface area contributed by atoms with Gasteiger partial charge in [-0.1, -0.05) is 128 Å². The molecule has 204 valence electrons. The molecule has 0 aliphatic rings. The first kappa shape index (κ1) is 48.9. The lowest BCUT2D eigenvalue weighted by molar-refractivity contribution is -0.121. The number of hydrogen-bond acceptors (Lipinski definition) is 4. The molecule has 0 fully saturated rings. The van der Waals surface area contributed by atoms with Crippen molar-refractivity contribution in [2.45, 2.75) is 148 Å². The van der Waals surface area contributed by atoms with Crippen molar-refractivity contribution in [1.29, 1.82) is 0 Å². The highest BCUT2D eigenvalue weighted by atomic mass is 16.5. The maximum absolute atomic E-state index is 10.1. The van der Waals surface area contributed by atoms with Crippen LogP contribution in [0.2, 0.25) is 0 Å². The van der Waals surface area contributed by atoms with E-state index in [0.29, 0.717) is 0 Å². The van der Waals surface area contributed by atoms with E-state index in [-0.39, 0.29) is 33.0 Å². The molecular weight excluding hydrogens is 400 g/mol. The molecule has 0 rings (SSSR count). The van der Waals surface area contributed by atoms with E-state index in [1.165, 1.54) is 58.3 Å². The quantitative estimate of drug-likeness (QED) is 0.290. The van der Waals surface area contributed by atoms with E-state index in [1.54, 1.807) is 0 Å². The van der Waals surface area contributed by atoms with E-state index in [0.717, 1.165) is 26.1 Å². The average molecular weight is 469 g/mol. The Bertz CT molecular complexity index is 193. The topological polar surface area (TPSA) is 55.8 Å². The van der Waals surface area contributed by atoms with Crippen LogP contribution in [-0.4, -0.2) is 43.9 Å². The molecule has 0 radical (unpaired) electrons. The fourth-order valence-electron chi connectivity index (χ4n) is 0.671. The Labute approximate surface area is 206 Å². The average Bonchev–Trinajstić information content (AvgIpc) is 2.80. The molecule has 32 heavy (non-hydrogen) atoms. The van der Waals surface area contributed by atoms with Crippen molar-refractivity contribution in [2.24, 2.45) is 0 Å². The Morgan fingerprint density at radius 3 is 0.969 bits per heavy atom. The van der Waals surface area contributed by atoms with E-state index in [2.05, 4.69) is 74.0 Å². The van der Waals surface area contributed by atoms with Gasteiger partial charge in [-0.3, -0.25) is 4.79 Å². The van der Waals surface area contributed by atoms with Crippen LogP contribution >= 0.6 is 0 Å². The standard InChI is InChI=1S/C6H14O.C5H10O3.4C4H10.CH4/c1-3-5-7-6-4-2;1-5(7)4-8-3-2-6;4*1-3-4-2;/h3-6H2,1-2H3;6H,2-4H2,1H3;4*3-4H2,1-2H3;1H4. The molecule has 0 aromatic rings. The number of carbonyl (C=O) groups excluding carboxylic acids is 1. The molecule has 0 unspecified atom stereocenters. The molecule has 0 bridgehead atoms. The molecule has 0 aliphatic carbocycles. The van der Waals surface area contributed by atoms with Gasteiger partial charge in [-0.25, -0.2) is 0 Å². The second-order valence-corrected chi connectivity index (χ2v) is 7.09. The van der Waals surface area contributed by atoms with Gasteiger partial charge in [-0.2, -0.15) is 0 Å². The summed E-state index contributed by atoms with van der Waals surface area (Å²) in [5, 5.41) is 8.14. The lowest BCUT2D eigenvalue weighted by Gasteiger charge is -1.95. The molecule has 0 aromatic heterocycles. The molecule has 4 nitrogen and oxygen atoms in total. The lowest BCUT2D eigenvalue weighted by Crippen LogP contribution is -2.06. The first-order valence-electron chi connectivity index (χ1n) is 13.1. The Morgan fingerprint density at radius 1 is 0.531 bits per heavy atom. The van der Waals surface area contributed by atoms with Gasteiger partial charge < -0.3 is 14.6 Å². The van der Waals surface area contributed by atoms with E-state index in [1.807, 2.05) is 0 Å². The second kappa shape index (κ2) is 69.8. The third-order valence-electron chi connectivity index (χ3n) is 3.24. The zero-order chi connectivity index (χ0) is 25.6. The van der Waals surface area contributed by atoms with Crippen LogP contribution in [0.4, 0.5) is 0 Å². The van der Waals surface area contributed by atoms with Gasteiger partial charge in [-0.15, -0.1) is 0 Å². The molecule has 0 aliphatic heterocycles. The van der Waals surface area contributed by atoms with Crippen LogP contribution in [0.3, 0.4) is 0 Å². The summed E-state index contributed by atoms with van der Waals surface area (Å²) in [6.45, 7) is 25.3. The maximum atomic E-state index is 10.1. The van der Waals surface area contributed by atoms with Gasteiger partial charge in [0.15, 0.2) is 5.78 Å². The molecule has 1 N–H and O–H groups in total. The highest BCUT2D eigenvalue weighted by Gasteiger charge is 1.89. The van der Waals surface area contributed by atoms with Crippen molar-refractivity contribution >= 4 is 5.78 Å². The van der Waals surface area contributed by atoms with Crippen LogP contribution in [0.25, 0.3) is 0 Å². The van der Waals surface area contributed by atoms with Crippen LogP contribution in [0.1, 0.15) is 148 Å². The molecular formula is C28H68O4. The van der Waals surface area contributed by atoms with Gasteiger partial charge in [0, 0.05) is 13.2 Å². The summed E-state index contributed by atoms with van der Waals surface area (Å²) in [7, 11) is 0. The summed E-state index contributed by atoms with van der Waals surface area (Å²) in [5.41, 5.74) is 0. The summed E-state index contributed by atoms with van der Waals surface area (Å²) in [4.78, 5) is 10.1. The van der Waals surface area contributed by atoms with Crippen LogP contribution < -0.4 is 0 Å². The van der Waals surface area contributed by atoms with Crippen LogP contribution in [0.5, 0.6) is 0 Å². The van der Waals surface area contributed by atoms with Gasteiger partial charge in [0.1, 0.15) is 6.61 Å². The minimum Gasteiger partial charge on any atom is -0.394 e. The van der Waals surface area contributed by atoms with Crippen molar-refractivity contribution in [3.05, 3.63) is 0 Å². The Morgan fingerprint density at radius 2 is 0.812 bits per heavy atom.